The molecule has 5 N–H and O–H groups in total. The normalized spacial score (nSPS) is 13.0. The average molecular weight is 356 g/mol. The van der Waals surface area contributed by atoms with Crippen molar-refractivity contribution in [2.24, 2.45) is 0 Å². The molecule has 0 aliphatic carbocycles. The third-order valence-electron chi connectivity index (χ3n) is 3.36. The van der Waals surface area contributed by atoms with Gasteiger partial charge in [0.1, 0.15) is 17.2 Å². The van der Waals surface area contributed by atoms with E-state index in [1.54, 1.807) is 24.3 Å². The van der Waals surface area contributed by atoms with Crippen molar-refractivity contribution in [1.29, 1.82) is 0 Å². The predicted octanol–water partition coefficient (Wildman–Crippen LogP) is 3.33. The van der Waals surface area contributed by atoms with Gasteiger partial charge in [0.25, 0.3) is 0 Å². The second kappa shape index (κ2) is 6.84. The number of hydrogen-bond donors (Lipinski definition) is 5. The van der Waals surface area contributed by atoms with E-state index in [0.29, 0.717) is 23.4 Å². The fraction of sp³-hybridized carbons (Fsp3) is 0.200. The van der Waals surface area contributed by atoms with Crippen molar-refractivity contribution in [2.45, 2.75) is 24.2 Å². The molecule has 6 nitrogen and oxygen atoms in total. The van der Waals surface area contributed by atoms with Crippen LogP contribution in [0.3, 0.4) is 0 Å². The summed E-state index contributed by atoms with van der Waals surface area (Å²) < 4.78 is 11.2. The predicted molar refractivity (Wildman–Crippen MR) is 87.9 cm³/mol. The van der Waals surface area contributed by atoms with Crippen molar-refractivity contribution in [2.75, 3.05) is 0 Å². The van der Waals surface area contributed by atoms with E-state index in [4.69, 9.17) is 9.79 Å². The molecule has 0 heterocycles. The highest BCUT2D eigenvalue weighted by Crippen LogP contribution is 2.57. The van der Waals surface area contributed by atoms with Crippen LogP contribution < -0.4 is 0 Å². The smallest absolute Gasteiger partial charge is 0.388 e. The second-order valence-corrected chi connectivity index (χ2v) is 8.80. The molecule has 0 radical (unpaired) electrons. The third kappa shape index (κ3) is 4.91. The summed E-state index contributed by atoms with van der Waals surface area (Å²) in [5.41, 5.74) is 1.26. The molecule has 0 amide bonds. The zero-order valence-electron chi connectivity index (χ0n) is 12.2. The average Bonchev–Trinajstić information content (AvgIpc) is 2.41. The summed E-state index contributed by atoms with van der Waals surface area (Å²) in [6.45, 7) is -2.52. The van der Waals surface area contributed by atoms with Crippen LogP contribution in [0.4, 0.5) is 0 Å². The fourth-order valence-electron chi connectivity index (χ4n) is 2.26. The van der Waals surface area contributed by atoms with E-state index in [1.165, 1.54) is 6.07 Å². The van der Waals surface area contributed by atoms with Gasteiger partial charge in [0.2, 0.25) is 0 Å². The van der Waals surface area contributed by atoms with Gasteiger partial charge in [-0.1, -0.05) is 19.1 Å². The maximum Gasteiger partial charge on any atom is 0.388 e. The van der Waals surface area contributed by atoms with Crippen LogP contribution in [0.5, 0.6) is 17.2 Å². The van der Waals surface area contributed by atoms with Crippen molar-refractivity contribution >= 4 is 18.2 Å². The molecule has 0 fully saturated rings. The number of hydrogen-bond acceptors (Lipinski definition) is 5. The van der Waals surface area contributed by atoms with Gasteiger partial charge in [0, 0.05) is 16.5 Å². The van der Waals surface area contributed by atoms with Gasteiger partial charge in [0.05, 0.1) is 0 Å². The number of aromatic hydroxyl groups is 3. The van der Waals surface area contributed by atoms with Crippen LogP contribution in [-0.4, -0.2) is 25.1 Å². The number of phenols is 3. The molecule has 0 aliphatic heterocycles. The Balaban J connectivity index is 2.34. The minimum absolute atomic E-state index is 0.0674. The molecule has 0 bridgehead atoms. The summed E-state index contributed by atoms with van der Waals surface area (Å²) in [6, 6.07) is 8.95. The lowest BCUT2D eigenvalue weighted by molar-refractivity contribution is 0.397. The molecule has 124 valence electrons. The molecule has 1 unspecified atom stereocenters. The van der Waals surface area contributed by atoms with Gasteiger partial charge in [0.15, 0.2) is 0 Å². The van der Waals surface area contributed by atoms with E-state index in [2.05, 4.69) is 0 Å². The topological polar surface area (TPSA) is 118 Å². The highest BCUT2D eigenvalue weighted by atomic mass is 32.7. The van der Waals surface area contributed by atoms with Crippen molar-refractivity contribution in [3.05, 3.63) is 47.5 Å². The van der Waals surface area contributed by atoms with Gasteiger partial charge in [-0.2, -0.15) is 0 Å². The highest BCUT2D eigenvalue weighted by Gasteiger charge is 2.22. The van der Waals surface area contributed by atoms with E-state index >= 15 is 0 Å². The summed E-state index contributed by atoms with van der Waals surface area (Å²) in [4.78, 5) is 18.4. The molecular weight excluding hydrogens is 339 g/mol. The van der Waals surface area contributed by atoms with Crippen LogP contribution in [0.15, 0.2) is 41.3 Å². The summed E-state index contributed by atoms with van der Waals surface area (Å²) in [5, 5.41) is 28.9. The Morgan fingerprint density at radius 1 is 1.04 bits per heavy atom. The van der Waals surface area contributed by atoms with E-state index < -0.39 is 6.80 Å². The van der Waals surface area contributed by atoms with Crippen LogP contribution in [0.25, 0.3) is 0 Å². The molecule has 0 saturated heterocycles. The third-order valence-corrected chi connectivity index (χ3v) is 5.46. The maximum atomic E-state index is 11.2. The number of rotatable bonds is 5. The van der Waals surface area contributed by atoms with E-state index in [0.717, 1.165) is 11.6 Å². The lowest BCUT2D eigenvalue weighted by Gasteiger charge is -2.17. The lowest BCUT2D eigenvalue weighted by atomic mass is 9.93. The van der Waals surface area contributed by atoms with Gasteiger partial charge in [-0.3, -0.25) is 0 Å². The molecule has 0 spiro atoms. The molecule has 23 heavy (non-hydrogen) atoms. The SMILES string of the molecule is CC(Cc1c(O)cc(O)cc1SP(=O)(O)O)c1ccc(O)cc1. The van der Waals surface area contributed by atoms with Crippen molar-refractivity contribution in [3.63, 3.8) is 0 Å². The monoisotopic (exact) mass is 356 g/mol. The Morgan fingerprint density at radius 3 is 2.22 bits per heavy atom. The highest BCUT2D eigenvalue weighted by molar-refractivity contribution is 8.54. The van der Waals surface area contributed by atoms with Gasteiger partial charge < -0.3 is 25.1 Å². The molecule has 0 aliphatic rings. The minimum Gasteiger partial charge on any atom is -0.508 e. The summed E-state index contributed by atoms with van der Waals surface area (Å²) in [7, 11) is 0. The number of benzene rings is 2. The quantitative estimate of drug-likeness (QED) is 0.521. The standard InChI is InChI=1S/C15H17O6PS/c1-9(10-2-4-11(16)5-3-10)6-13-14(18)7-12(17)8-15(13)23-22(19,20)21/h2-5,7-9,16-18H,6H2,1H3,(H2,19,20,21). The van der Waals surface area contributed by atoms with E-state index in [1.807, 2.05) is 6.92 Å². The molecule has 0 aromatic heterocycles. The van der Waals surface area contributed by atoms with Gasteiger partial charge in [-0.15, -0.1) is 0 Å². The van der Waals surface area contributed by atoms with E-state index in [9.17, 15) is 19.9 Å². The molecule has 2 aromatic carbocycles. The first kappa shape index (κ1) is 17.7. The summed E-state index contributed by atoms with van der Waals surface area (Å²) in [6.07, 6.45) is 0.319. The first-order chi connectivity index (χ1) is 10.7. The summed E-state index contributed by atoms with van der Waals surface area (Å²) in [5.74, 6) is -0.403. The van der Waals surface area contributed by atoms with Gasteiger partial charge in [-0.25, -0.2) is 4.57 Å². The Morgan fingerprint density at radius 2 is 1.65 bits per heavy atom. The molecule has 8 heteroatoms. The van der Waals surface area contributed by atoms with Gasteiger partial charge >= 0.3 is 6.80 Å². The minimum atomic E-state index is -4.41. The van der Waals surface area contributed by atoms with Crippen LogP contribution >= 0.6 is 18.2 Å². The maximum absolute atomic E-state index is 11.2. The molecule has 1 atom stereocenters. The molecule has 2 rings (SSSR count). The zero-order valence-corrected chi connectivity index (χ0v) is 14.0. The Kier molecular flexibility index (Phi) is 5.26. The molecule has 0 saturated carbocycles. The second-order valence-electron chi connectivity index (χ2n) is 5.22. The Hall–Kier alpha value is -1.66. The molecular formula is C15H17O6PS. The van der Waals surface area contributed by atoms with Crippen molar-refractivity contribution in [1.82, 2.24) is 0 Å². The van der Waals surface area contributed by atoms with Gasteiger partial charge in [-0.05, 0) is 47.5 Å². The first-order valence-corrected chi connectivity index (χ1v) is 9.78. The zero-order chi connectivity index (χ0) is 17.2. The Bertz CT molecular complexity index is 740. The summed E-state index contributed by atoms with van der Waals surface area (Å²) >= 11 is 0.302. The van der Waals surface area contributed by atoms with E-state index in [-0.39, 0.29) is 28.1 Å². The van der Waals surface area contributed by atoms with Crippen LogP contribution in [0.1, 0.15) is 24.0 Å². The fourth-order valence-corrected chi connectivity index (χ4v) is 4.24. The van der Waals surface area contributed by atoms with Crippen LogP contribution in [0, 0.1) is 0 Å². The van der Waals surface area contributed by atoms with Crippen LogP contribution in [0.2, 0.25) is 0 Å². The van der Waals surface area contributed by atoms with Crippen LogP contribution in [-0.2, 0) is 11.0 Å². The van der Waals surface area contributed by atoms with Crippen molar-refractivity contribution in [3.8, 4) is 17.2 Å². The lowest BCUT2D eigenvalue weighted by Crippen LogP contribution is -2.00. The number of phenolic OH excluding ortho intramolecular Hbond substituents is 3. The largest absolute Gasteiger partial charge is 0.508 e. The van der Waals surface area contributed by atoms with Crippen molar-refractivity contribution < 1.29 is 29.7 Å². The molecule has 2 aromatic rings. The Labute approximate surface area is 137 Å². The first-order valence-electron chi connectivity index (χ1n) is 6.74.